The van der Waals surface area contributed by atoms with Gasteiger partial charge in [-0.1, -0.05) is 24.3 Å². The van der Waals surface area contributed by atoms with Gasteiger partial charge in [0.2, 0.25) is 0 Å². The third-order valence-corrected chi connectivity index (χ3v) is 3.78. The van der Waals surface area contributed by atoms with Crippen LogP contribution < -0.4 is 0 Å². The number of nitrogens with zero attached hydrogens (tertiary/aromatic N) is 1. The predicted octanol–water partition coefficient (Wildman–Crippen LogP) is 2.55. The van der Waals surface area contributed by atoms with E-state index in [0.29, 0.717) is 0 Å². The molecule has 0 N–H and O–H groups in total. The molecule has 80 valence electrons. The van der Waals surface area contributed by atoms with E-state index >= 15 is 0 Å². The van der Waals surface area contributed by atoms with Gasteiger partial charge >= 0.3 is 0 Å². The fourth-order valence-electron chi connectivity index (χ4n) is 2.65. The molecule has 1 fully saturated rings. The summed E-state index contributed by atoms with van der Waals surface area (Å²) < 4.78 is 13.3. The highest BCUT2D eigenvalue weighted by atomic mass is 19.1. The van der Waals surface area contributed by atoms with Gasteiger partial charge in [-0.15, -0.1) is 0 Å². The Morgan fingerprint density at radius 3 is 2.60 bits per heavy atom. The zero-order valence-corrected chi connectivity index (χ0v) is 8.82. The van der Waals surface area contributed by atoms with Crippen LogP contribution in [0.2, 0.25) is 0 Å². The Kier molecular flexibility index (Phi) is 2.24. The van der Waals surface area contributed by atoms with E-state index in [9.17, 15) is 4.39 Å². The Morgan fingerprint density at radius 2 is 1.93 bits per heavy atom. The van der Waals surface area contributed by atoms with Gasteiger partial charge in [0, 0.05) is 19.1 Å². The SMILES string of the molecule is FC1CCC1N1CCc2ccccc2C1. The number of hydrogen-bond donors (Lipinski definition) is 0. The Hall–Kier alpha value is -0.890. The maximum atomic E-state index is 13.3. The maximum Gasteiger partial charge on any atom is 0.116 e. The van der Waals surface area contributed by atoms with Crippen molar-refractivity contribution in [2.45, 2.75) is 38.0 Å². The highest BCUT2D eigenvalue weighted by molar-refractivity contribution is 5.29. The second-order valence-corrected chi connectivity index (χ2v) is 4.65. The van der Waals surface area contributed by atoms with E-state index in [1.54, 1.807) is 0 Å². The molecule has 2 aliphatic rings. The van der Waals surface area contributed by atoms with E-state index in [2.05, 4.69) is 29.2 Å². The van der Waals surface area contributed by atoms with E-state index in [0.717, 1.165) is 32.4 Å². The molecule has 2 heteroatoms. The fourth-order valence-corrected chi connectivity index (χ4v) is 2.65. The van der Waals surface area contributed by atoms with Gasteiger partial charge in [-0.2, -0.15) is 0 Å². The molecule has 0 aromatic heterocycles. The van der Waals surface area contributed by atoms with Gasteiger partial charge in [0.1, 0.15) is 6.17 Å². The summed E-state index contributed by atoms with van der Waals surface area (Å²) in [5.74, 6) is 0. The van der Waals surface area contributed by atoms with E-state index < -0.39 is 6.17 Å². The Labute approximate surface area is 89.9 Å². The largest absolute Gasteiger partial charge is 0.293 e. The number of rotatable bonds is 1. The molecule has 1 saturated carbocycles. The molecule has 0 spiro atoms. The van der Waals surface area contributed by atoms with Crippen LogP contribution in [0.3, 0.4) is 0 Å². The van der Waals surface area contributed by atoms with E-state index in [-0.39, 0.29) is 6.04 Å². The Morgan fingerprint density at radius 1 is 1.13 bits per heavy atom. The summed E-state index contributed by atoms with van der Waals surface area (Å²) in [5, 5.41) is 0. The lowest BCUT2D eigenvalue weighted by Gasteiger charge is -2.42. The molecule has 0 radical (unpaired) electrons. The Bertz CT molecular complexity index is 363. The van der Waals surface area contributed by atoms with Gasteiger partial charge in [-0.05, 0) is 30.4 Å². The number of fused-ring (bicyclic) bond motifs is 1. The third kappa shape index (κ3) is 1.57. The number of halogens is 1. The van der Waals surface area contributed by atoms with Crippen LogP contribution >= 0.6 is 0 Å². The number of benzene rings is 1. The average molecular weight is 205 g/mol. The van der Waals surface area contributed by atoms with Gasteiger partial charge in [0.25, 0.3) is 0 Å². The zero-order chi connectivity index (χ0) is 10.3. The van der Waals surface area contributed by atoms with Crippen molar-refractivity contribution in [2.75, 3.05) is 6.54 Å². The first-order chi connectivity index (χ1) is 7.34. The van der Waals surface area contributed by atoms with Crippen molar-refractivity contribution in [2.24, 2.45) is 0 Å². The monoisotopic (exact) mass is 205 g/mol. The van der Waals surface area contributed by atoms with Crippen molar-refractivity contribution < 1.29 is 4.39 Å². The number of alkyl halides is 1. The van der Waals surface area contributed by atoms with Gasteiger partial charge in [-0.3, -0.25) is 4.90 Å². The van der Waals surface area contributed by atoms with Crippen molar-refractivity contribution in [3.05, 3.63) is 35.4 Å². The summed E-state index contributed by atoms with van der Waals surface area (Å²) in [6, 6.07) is 8.75. The third-order valence-electron chi connectivity index (χ3n) is 3.78. The normalized spacial score (nSPS) is 30.7. The number of hydrogen-bond acceptors (Lipinski definition) is 1. The quantitative estimate of drug-likeness (QED) is 0.681. The van der Waals surface area contributed by atoms with Crippen molar-refractivity contribution in [3.63, 3.8) is 0 Å². The molecule has 1 heterocycles. The molecule has 0 saturated heterocycles. The first kappa shape index (κ1) is 9.34. The lowest BCUT2D eigenvalue weighted by atomic mass is 9.87. The highest BCUT2D eigenvalue weighted by Crippen LogP contribution is 2.32. The first-order valence-corrected chi connectivity index (χ1v) is 5.79. The van der Waals surface area contributed by atoms with Crippen LogP contribution in [0.25, 0.3) is 0 Å². The lowest BCUT2D eigenvalue weighted by Crippen LogP contribution is -2.50. The average Bonchev–Trinajstić information content (AvgIpc) is 2.27. The molecule has 2 atom stereocenters. The van der Waals surface area contributed by atoms with E-state index in [1.165, 1.54) is 11.1 Å². The van der Waals surface area contributed by atoms with Crippen LogP contribution in [0.5, 0.6) is 0 Å². The fraction of sp³-hybridized carbons (Fsp3) is 0.538. The topological polar surface area (TPSA) is 3.24 Å². The molecule has 1 aromatic rings. The van der Waals surface area contributed by atoms with Crippen LogP contribution in [0.4, 0.5) is 4.39 Å². The van der Waals surface area contributed by atoms with Crippen molar-refractivity contribution >= 4 is 0 Å². The predicted molar refractivity (Wildman–Crippen MR) is 58.5 cm³/mol. The second-order valence-electron chi connectivity index (χ2n) is 4.65. The molecule has 1 aliphatic heterocycles. The highest BCUT2D eigenvalue weighted by Gasteiger charge is 2.36. The van der Waals surface area contributed by atoms with Gasteiger partial charge in [0.05, 0.1) is 0 Å². The zero-order valence-electron chi connectivity index (χ0n) is 8.82. The molecular weight excluding hydrogens is 189 g/mol. The molecule has 15 heavy (non-hydrogen) atoms. The standard InChI is InChI=1S/C13H16FN/c14-12-5-6-13(12)15-8-7-10-3-1-2-4-11(10)9-15/h1-4,12-13H,5-9H2. The molecule has 1 aliphatic carbocycles. The van der Waals surface area contributed by atoms with E-state index in [1.807, 2.05) is 0 Å². The van der Waals surface area contributed by atoms with Crippen molar-refractivity contribution in [1.29, 1.82) is 0 Å². The molecular formula is C13H16FN. The second kappa shape index (κ2) is 3.60. The van der Waals surface area contributed by atoms with Crippen LogP contribution in [0.15, 0.2) is 24.3 Å². The summed E-state index contributed by atoms with van der Waals surface area (Å²) in [4.78, 5) is 2.32. The minimum absolute atomic E-state index is 0.207. The minimum Gasteiger partial charge on any atom is -0.293 e. The molecule has 1 nitrogen and oxygen atoms in total. The van der Waals surface area contributed by atoms with Gasteiger partial charge in [-0.25, -0.2) is 4.39 Å². The van der Waals surface area contributed by atoms with E-state index in [4.69, 9.17) is 0 Å². The summed E-state index contributed by atoms with van der Waals surface area (Å²) in [7, 11) is 0. The smallest absolute Gasteiger partial charge is 0.116 e. The minimum atomic E-state index is -0.574. The maximum absolute atomic E-state index is 13.3. The van der Waals surface area contributed by atoms with Crippen LogP contribution in [0.1, 0.15) is 24.0 Å². The van der Waals surface area contributed by atoms with Crippen LogP contribution in [0, 0.1) is 0 Å². The molecule has 0 bridgehead atoms. The summed E-state index contributed by atoms with van der Waals surface area (Å²) in [5.41, 5.74) is 2.84. The van der Waals surface area contributed by atoms with Crippen molar-refractivity contribution in [3.8, 4) is 0 Å². The molecule has 2 unspecified atom stereocenters. The van der Waals surface area contributed by atoms with Crippen molar-refractivity contribution in [1.82, 2.24) is 4.90 Å². The van der Waals surface area contributed by atoms with Crippen LogP contribution in [-0.2, 0) is 13.0 Å². The summed E-state index contributed by atoms with van der Waals surface area (Å²) in [6.45, 7) is 1.98. The van der Waals surface area contributed by atoms with Gasteiger partial charge < -0.3 is 0 Å². The summed E-state index contributed by atoms with van der Waals surface area (Å²) >= 11 is 0. The molecule has 3 rings (SSSR count). The molecule has 1 aromatic carbocycles. The summed E-state index contributed by atoms with van der Waals surface area (Å²) in [6.07, 6.45) is 2.32. The molecule has 0 amide bonds. The Balaban J connectivity index is 1.77. The first-order valence-electron chi connectivity index (χ1n) is 5.79. The van der Waals surface area contributed by atoms with Gasteiger partial charge in [0.15, 0.2) is 0 Å². The lowest BCUT2D eigenvalue weighted by molar-refractivity contribution is 0.0261. The van der Waals surface area contributed by atoms with Crippen LogP contribution in [-0.4, -0.2) is 23.7 Å².